The summed E-state index contributed by atoms with van der Waals surface area (Å²) < 4.78 is 68.8. The summed E-state index contributed by atoms with van der Waals surface area (Å²) in [4.78, 5) is 73.1. The highest BCUT2D eigenvalue weighted by atomic mass is 31.2. The molecule has 17 nitrogen and oxygen atoms in total. The molecule has 0 saturated carbocycles. The third-order valence-electron chi connectivity index (χ3n) is 19.8. The van der Waals surface area contributed by atoms with Crippen molar-refractivity contribution in [3.63, 3.8) is 0 Å². The number of aliphatic hydroxyl groups is 1. The molecule has 0 fully saturated rings. The van der Waals surface area contributed by atoms with Crippen LogP contribution >= 0.6 is 15.6 Å². The average molecular weight is 1510 g/mol. The summed E-state index contributed by atoms with van der Waals surface area (Å²) in [7, 11) is -9.92. The fraction of sp³-hybridized carbons (Fsp3) is 0.952. The first-order chi connectivity index (χ1) is 50.0. The Kier molecular flexibility index (Phi) is 75.4. The van der Waals surface area contributed by atoms with Gasteiger partial charge in [0.1, 0.15) is 19.3 Å². The van der Waals surface area contributed by atoms with Crippen LogP contribution in [0.2, 0.25) is 0 Å². The van der Waals surface area contributed by atoms with Crippen LogP contribution in [0.3, 0.4) is 0 Å². The number of rotatable bonds is 84. The van der Waals surface area contributed by atoms with Gasteiger partial charge in [-0.1, -0.05) is 401 Å². The molecular formula is C84H164O17P2. The van der Waals surface area contributed by atoms with Crippen LogP contribution in [0.5, 0.6) is 0 Å². The number of carbonyl (C=O) groups excluding carboxylic acids is 4. The molecule has 0 rings (SSSR count). The van der Waals surface area contributed by atoms with E-state index in [0.717, 1.165) is 95.8 Å². The van der Waals surface area contributed by atoms with Crippen LogP contribution in [0.1, 0.15) is 452 Å². The number of phosphoric acid groups is 2. The van der Waals surface area contributed by atoms with Crippen molar-refractivity contribution in [3.8, 4) is 0 Å². The Balaban J connectivity index is 5.23. The van der Waals surface area contributed by atoms with Crippen LogP contribution in [0.25, 0.3) is 0 Å². The van der Waals surface area contributed by atoms with E-state index in [4.69, 9.17) is 37.0 Å². The molecule has 0 saturated heterocycles. The minimum absolute atomic E-state index is 0.109. The van der Waals surface area contributed by atoms with Crippen molar-refractivity contribution in [1.29, 1.82) is 0 Å². The maximum Gasteiger partial charge on any atom is 0.472 e. The van der Waals surface area contributed by atoms with E-state index < -0.39 is 97.5 Å². The second-order valence-corrected chi connectivity index (χ2v) is 33.6. The van der Waals surface area contributed by atoms with Crippen molar-refractivity contribution in [2.75, 3.05) is 39.6 Å². The Bertz CT molecular complexity index is 1960. The van der Waals surface area contributed by atoms with Gasteiger partial charge in [0.2, 0.25) is 0 Å². The standard InChI is InChI=1S/C84H164O17P2/c1-6-9-12-15-18-21-24-26-28-30-31-36-39-43-48-53-58-63-68-82(87)95-74-80(101-84(89)70-65-60-55-50-45-41-37-33-32-34-38-42-46-51-56-61-66-77(4)5)76-99-103(92,93)97-72-78(85)71-96-102(90,91)98-75-79(73-94-81(86)67-62-57-52-47-23-20-17-14-11-8-3)100-83(88)69-64-59-54-49-44-40-35-29-27-25-22-19-16-13-10-7-2/h77-80,85H,6-76H2,1-5H3,(H,90,91)(H,92,93)/t78-,79+,80+/m0/s1. The Morgan fingerprint density at radius 2 is 0.447 bits per heavy atom. The summed E-state index contributed by atoms with van der Waals surface area (Å²) in [6.07, 6.45) is 69.3. The zero-order chi connectivity index (χ0) is 75.5. The number of ether oxygens (including phenoxy) is 4. The quantitative estimate of drug-likeness (QED) is 0.0222. The largest absolute Gasteiger partial charge is 0.472 e. The molecule has 3 N–H and O–H groups in total. The minimum atomic E-state index is -4.96. The van der Waals surface area contributed by atoms with Crippen molar-refractivity contribution in [3.05, 3.63) is 0 Å². The van der Waals surface area contributed by atoms with E-state index in [2.05, 4.69) is 34.6 Å². The van der Waals surface area contributed by atoms with E-state index in [0.29, 0.717) is 25.7 Å². The molecular weight excluding hydrogens is 1340 g/mol. The number of carbonyl (C=O) groups is 4. The van der Waals surface area contributed by atoms with Crippen LogP contribution < -0.4 is 0 Å². The molecule has 0 aromatic rings. The van der Waals surface area contributed by atoms with Gasteiger partial charge in [-0.25, -0.2) is 9.13 Å². The number of phosphoric ester groups is 2. The second-order valence-electron chi connectivity index (χ2n) is 30.7. The Labute approximate surface area is 632 Å². The molecule has 0 aliphatic heterocycles. The van der Waals surface area contributed by atoms with E-state index in [1.807, 2.05) is 0 Å². The van der Waals surface area contributed by atoms with Crippen molar-refractivity contribution in [1.82, 2.24) is 0 Å². The zero-order valence-corrected chi connectivity index (χ0v) is 69.3. The van der Waals surface area contributed by atoms with Gasteiger partial charge >= 0.3 is 39.5 Å². The number of aliphatic hydroxyl groups excluding tert-OH is 1. The Hall–Kier alpha value is -1.94. The molecule has 0 spiro atoms. The first-order valence-corrected chi connectivity index (χ1v) is 46.6. The van der Waals surface area contributed by atoms with Gasteiger partial charge < -0.3 is 33.8 Å². The van der Waals surface area contributed by atoms with Crippen LogP contribution in [0.15, 0.2) is 0 Å². The average Bonchev–Trinajstić information content (AvgIpc) is 0.947. The van der Waals surface area contributed by atoms with Crippen LogP contribution in [-0.4, -0.2) is 96.7 Å². The summed E-state index contributed by atoms with van der Waals surface area (Å²) in [5.41, 5.74) is 0. The monoisotopic (exact) mass is 1510 g/mol. The lowest BCUT2D eigenvalue weighted by Crippen LogP contribution is -2.30. The maximum absolute atomic E-state index is 13.1. The summed E-state index contributed by atoms with van der Waals surface area (Å²) >= 11 is 0. The molecule has 0 aromatic carbocycles. The molecule has 5 atom stereocenters. The molecule has 0 aromatic heterocycles. The van der Waals surface area contributed by atoms with E-state index in [-0.39, 0.29) is 25.7 Å². The lowest BCUT2D eigenvalue weighted by atomic mass is 10.0. The molecule has 0 heterocycles. The van der Waals surface area contributed by atoms with Gasteiger partial charge in [-0.3, -0.25) is 37.3 Å². The van der Waals surface area contributed by atoms with Gasteiger partial charge in [0.25, 0.3) is 0 Å². The predicted octanol–water partition coefficient (Wildman–Crippen LogP) is 25.6. The number of unbranched alkanes of at least 4 members (excludes halogenated alkanes) is 56. The van der Waals surface area contributed by atoms with Crippen molar-refractivity contribution >= 4 is 39.5 Å². The van der Waals surface area contributed by atoms with Crippen LogP contribution in [0.4, 0.5) is 0 Å². The summed E-state index contributed by atoms with van der Waals surface area (Å²) in [5.74, 6) is -1.29. The van der Waals surface area contributed by atoms with E-state index in [1.165, 1.54) is 276 Å². The SMILES string of the molecule is CCCCCCCCCCCCCCCCCCCCC(=O)OC[C@H](COP(=O)(O)OC[C@@H](O)COP(=O)(O)OC[C@@H](COC(=O)CCCCCCCCCCCC)OC(=O)CCCCCCCCCCCCCCCCCC)OC(=O)CCCCCCCCCCCCCCCCCCC(C)C. The van der Waals surface area contributed by atoms with Crippen molar-refractivity contribution < 1.29 is 80.2 Å². The van der Waals surface area contributed by atoms with Gasteiger partial charge in [0.15, 0.2) is 12.2 Å². The third-order valence-corrected chi connectivity index (χ3v) is 21.7. The molecule has 612 valence electrons. The molecule has 0 aliphatic carbocycles. The van der Waals surface area contributed by atoms with E-state index in [9.17, 15) is 43.2 Å². The Morgan fingerprint density at radius 3 is 0.660 bits per heavy atom. The van der Waals surface area contributed by atoms with Crippen LogP contribution in [-0.2, 0) is 65.4 Å². The molecule has 103 heavy (non-hydrogen) atoms. The molecule has 2 unspecified atom stereocenters. The van der Waals surface area contributed by atoms with Crippen molar-refractivity contribution in [2.45, 2.75) is 470 Å². The van der Waals surface area contributed by atoms with Gasteiger partial charge in [0.05, 0.1) is 26.4 Å². The lowest BCUT2D eigenvalue weighted by molar-refractivity contribution is -0.161. The first kappa shape index (κ1) is 101. The van der Waals surface area contributed by atoms with Crippen molar-refractivity contribution in [2.24, 2.45) is 5.92 Å². The Morgan fingerprint density at radius 1 is 0.262 bits per heavy atom. The molecule has 0 aliphatic rings. The second kappa shape index (κ2) is 76.8. The summed E-state index contributed by atoms with van der Waals surface area (Å²) in [6, 6.07) is 0. The minimum Gasteiger partial charge on any atom is -0.462 e. The maximum atomic E-state index is 13.1. The summed E-state index contributed by atoms with van der Waals surface area (Å²) in [5, 5.41) is 10.7. The summed E-state index contributed by atoms with van der Waals surface area (Å²) in [6.45, 7) is 7.38. The highest BCUT2D eigenvalue weighted by molar-refractivity contribution is 7.47. The number of esters is 4. The lowest BCUT2D eigenvalue weighted by Gasteiger charge is -2.21. The van der Waals surface area contributed by atoms with Gasteiger partial charge in [-0.2, -0.15) is 0 Å². The third kappa shape index (κ3) is 78.0. The molecule has 0 bridgehead atoms. The fourth-order valence-electron chi connectivity index (χ4n) is 13.1. The number of hydrogen-bond donors (Lipinski definition) is 3. The van der Waals surface area contributed by atoms with Gasteiger partial charge in [0, 0.05) is 25.7 Å². The normalized spacial score (nSPS) is 13.8. The van der Waals surface area contributed by atoms with Gasteiger partial charge in [-0.05, 0) is 31.6 Å². The highest BCUT2D eigenvalue weighted by Crippen LogP contribution is 2.45. The topological polar surface area (TPSA) is 237 Å². The number of hydrogen-bond acceptors (Lipinski definition) is 15. The van der Waals surface area contributed by atoms with E-state index in [1.54, 1.807) is 0 Å². The molecule has 19 heteroatoms. The van der Waals surface area contributed by atoms with Crippen LogP contribution in [0, 0.1) is 5.92 Å². The first-order valence-electron chi connectivity index (χ1n) is 43.6. The molecule has 0 radical (unpaired) electrons. The smallest absolute Gasteiger partial charge is 0.462 e. The van der Waals surface area contributed by atoms with E-state index >= 15 is 0 Å². The predicted molar refractivity (Wildman–Crippen MR) is 423 cm³/mol. The molecule has 0 amide bonds. The zero-order valence-electron chi connectivity index (χ0n) is 67.5. The highest BCUT2D eigenvalue weighted by Gasteiger charge is 2.30. The van der Waals surface area contributed by atoms with Gasteiger partial charge in [-0.15, -0.1) is 0 Å². The fourth-order valence-corrected chi connectivity index (χ4v) is 14.7.